The van der Waals surface area contributed by atoms with Gasteiger partial charge in [0.1, 0.15) is 0 Å². The molecule has 2 aromatic rings. The van der Waals surface area contributed by atoms with Crippen molar-refractivity contribution in [3.8, 4) is 0 Å². The molecule has 0 radical (unpaired) electrons. The SMILES string of the molecule is Cc1ccc(CC(=O)N2Cc3ccnn3CC[C@H]2CO)cc1. The number of hydrogen-bond acceptors (Lipinski definition) is 3. The Kier molecular flexibility index (Phi) is 4.24. The van der Waals surface area contributed by atoms with E-state index in [0.717, 1.165) is 24.2 Å². The maximum atomic E-state index is 12.7. The zero-order valence-corrected chi connectivity index (χ0v) is 12.8. The van der Waals surface area contributed by atoms with Crippen molar-refractivity contribution in [2.75, 3.05) is 6.61 Å². The van der Waals surface area contributed by atoms with Crippen LogP contribution in [0.2, 0.25) is 0 Å². The minimum atomic E-state index is -0.139. The quantitative estimate of drug-likeness (QED) is 0.935. The van der Waals surface area contributed by atoms with E-state index < -0.39 is 0 Å². The number of amides is 1. The molecule has 5 nitrogen and oxygen atoms in total. The molecule has 1 amide bonds. The summed E-state index contributed by atoms with van der Waals surface area (Å²) in [6, 6.07) is 9.81. The third-order valence-electron chi connectivity index (χ3n) is 4.26. The smallest absolute Gasteiger partial charge is 0.227 e. The van der Waals surface area contributed by atoms with Gasteiger partial charge in [-0.3, -0.25) is 9.48 Å². The summed E-state index contributed by atoms with van der Waals surface area (Å²) in [5, 5.41) is 13.9. The van der Waals surface area contributed by atoms with Crippen molar-refractivity contribution in [1.82, 2.24) is 14.7 Å². The highest BCUT2D eigenvalue weighted by atomic mass is 16.3. The predicted molar refractivity (Wildman–Crippen MR) is 83.2 cm³/mol. The van der Waals surface area contributed by atoms with Crippen LogP contribution in [0.15, 0.2) is 36.5 Å². The second kappa shape index (κ2) is 6.32. The Labute approximate surface area is 130 Å². The number of fused-ring (bicyclic) bond motifs is 1. The average molecular weight is 299 g/mol. The summed E-state index contributed by atoms with van der Waals surface area (Å²) in [6.07, 6.45) is 2.85. The number of hydrogen-bond donors (Lipinski definition) is 1. The van der Waals surface area contributed by atoms with Gasteiger partial charge in [-0.25, -0.2) is 0 Å². The normalized spacial score (nSPS) is 17.9. The zero-order valence-electron chi connectivity index (χ0n) is 12.8. The summed E-state index contributed by atoms with van der Waals surface area (Å²) in [5.41, 5.74) is 3.21. The van der Waals surface area contributed by atoms with Crippen molar-refractivity contribution in [3.05, 3.63) is 53.3 Å². The summed E-state index contributed by atoms with van der Waals surface area (Å²) < 4.78 is 1.92. The summed E-state index contributed by atoms with van der Waals surface area (Å²) in [4.78, 5) is 14.5. The van der Waals surface area contributed by atoms with Crippen LogP contribution in [0.4, 0.5) is 0 Å². The van der Waals surface area contributed by atoms with Crippen molar-refractivity contribution in [2.24, 2.45) is 0 Å². The van der Waals surface area contributed by atoms with Crippen LogP contribution in [0, 0.1) is 6.92 Å². The van der Waals surface area contributed by atoms with Crippen LogP contribution in [-0.2, 0) is 24.3 Å². The molecule has 0 unspecified atom stereocenters. The van der Waals surface area contributed by atoms with E-state index in [2.05, 4.69) is 5.10 Å². The molecule has 22 heavy (non-hydrogen) atoms. The molecule has 1 aromatic heterocycles. The number of carbonyl (C=O) groups excluding carboxylic acids is 1. The molecule has 3 rings (SSSR count). The van der Waals surface area contributed by atoms with Gasteiger partial charge in [0.15, 0.2) is 0 Å². The van der Waals surface area contributed by atoms with E-state index in [1.54, 1.807) is 11.1 Å². The molecule has 0 saturated heterocycles. The molecule has 2 heterocycles. The molecule has 0 saturated carbocycles. The Balaban J connectivity index is 1.77. The van der Waals surface area contributed by atoms with Gasteiger partial charge in [0, 0.05) is 12.7 Å². The van der Waals surface area contributed by atoms with Gasteiger partial charge >= 0.3 is 0 Å². The van der Waals surface area contributed by atoms with Gasteiger partial charge in [0.25, 0.3) is 0 Å². The maximum absolute atomic E-state index is 12.7. The highest BCUT2D eigenvalue weighted by Crippen LogP contribution is 2.18. The van der Waals surface area contributed by atoms with Crippen molar-refractivity contribution in [1.29, 1.82) is 0 Å². The number of aliphatic hydroxyl groups excluding tert-OH is 1. The second-order valence-electron chi connectivity index (χ2n) is 5.85. The number of benzene rings is 1. The van der Waals surface area contributed by atoms with Crippen molar-refractivity contribution in [2.45, 2.75) is 38.9 Å². The standard InChI is InChI=1S/C17H21N3O2/c1-13-2-4-14(5-3-13)10-17(22)19-11-15-6-8-18-20(15)9-7-16(19)12-21/h2-6,8,16,21H,7,9-12H2,1H3/t16-/m0/s1. The molecule has 1 atom stereocenters. The van der Waals surface area contributed by atoms with E-state index in [0.29, 0.717) is 13.0 Å². The first kappa shape index (κ1) is 14.8. The number of rotatable bonds is 3. The molecule has 1 aliphatic rings. The van der Waals surface area contributed by atoms with Crippen LogP contribution < -0.4 is 0 Å². The Morgan fingerprint density at radius 1 is 1.32 bits per heavy atom. The van der Waals surface area contributed by atoms with Crippen molar-refractivity contribution < 1.29 is 9.90 Å². The molecule has 0 aliphatic carbocycles. The Hall–Kier alpha value is -2.14. The highest BCUT2D eigenvalue weighted by molar-refractivity contribution is 5.79. The largest absolute Gasteiger partial charge is 0.394 e. The van der Waals surface area contributed by atoms with Crippen LogP contribution in [-0.4, -0.2) is 38.3 Å². The zero-order chi connectivity index (χ0) is 15.5. The van der Waals surface area contributed by atoms with Crippen LogP contribution in [0.3, 0.4) is 0 Å². The Bertz CT molecular complexity index is 648. The number of aryl methyl sites for hydroxylation is 2. The predicted octanol–water partition coefficient (Wildman–Crippen LogP) is 1.53. The summed E-state index contributed by atoms with van der Waals surface area (Å²) >= 11 is 0. The van der Waals surface area contributed by atoms with E-state index in [4.69, 9.17) is 0 Å². The molecule has 1 aliphatic heterocycles. The number of aromatic nitrogens is 2. The van der Waals surface area contributed by atoms with Crippen molar-refractivity contribution >= 4 is 5.91 Å². The molecule has 1 N–H and O–H groups in total. The van der Waals surface area contributed by atoms with Crippen LogP contribution in [0.5, 0.6) is 0 Å². The van der Waals surface area contributed by atoms with Gasteiger partial charge in [-0.2, -0.15) is 5.10 Å². The van der Waals surface area contributed by atoms with Gasteiger partial charge in [-0.05, 0) is 25.0 Å². The second-order valence-corrected chi connectivity index (χ2v) is 5.85. The summed E-state index contributed by atoms with van der Waals surface area (Å²) in [7, 11) is 0. The maximum Gasteiger partial charge on any atom is 0.227 e. The third-order valence-corrected chi connectivity index (χ3v) is 4.26. The molecular formula is C17H21N3O2. The van der Waals surface area contributed by atoms with E-state index in [9.17, 15) is 9.90 Å². The highest BCUT2D eigenvalue weighted by Gasteiger charge is 2.27. The molecule has 5 heteroatoms. The minimum absolute atomic E-state index is 0.00945. The lowest BCUT2D eigenvalue weighted by molar-refractivity contribution is -0.134. The molecule has 0 fully saturated rings. The van der Waals surface area contributed by atoms with E-state index in [1.807, 2.05) is 41.9 Å². The first-order chi connectivity index (χ1) is 10.7. The third kappa shape index (κ3) is 3.04. The van der Waals surface area contributed by atoms with E-state index >= 15 is 0 Å². The van der Waals surface area contributed by atoms with Crippen molar-refractivity contribution in [3.63, 3.8) is 0 Å². The van der Waals surface area contributed by atoms with Crippen LogP contribution in [0.25, 0.3) is 0 Å². The average Bonchev–Trinajstić information content (AvgIpc) is 2.88. The molecule has 116 valence electrons. The fraction of sp³-hybridized carbons (Fsp3) is 0.412. The lowest BCUT2D eigenvalue weighted by atomic mass is 10.1. The molecular weight excluding hydrogens is 278 g/mol. The molecule has 0 spiro atoms. The number of carbonyl (C=O) groups is 1. The Morgan fingerprint density at radius 2 is 2.09 bits per heavy atom. The monoisotopic (exact) mass is 299 g/mol. The fourth-order valence-corrected chi connectivity index (χ4v) is 2.89. The van der Waals surface area contributed by atoms with Gasteiger partial charge in [-0.1, -0.05) is 29.8 Å². The fourth-order valence-electron chi connectivity index (χ4n) is 2.89. The van der Waals surface area contributed by atoms with E-state index in [1.165, 1.54) is 5.56 Å². The van der Waals surface area contributed by atoms with Gasteiger partial charge < -0.3 is 10.0 Å². The first-order valence-electron chi connectivity index (χ1n) is 7.64. The number of nitrogens with zero attached hydrogens (tertiary/aromatic N) is 3. The molecule has 1 aromatic carbocycles. The topological polar surface area (TPSA) is 58.4 Å². The van der Waals surface area contributed by atoms with E-state index in [-0.39, 0.29) is 18.6 Å². The van der Waals surface area contributed by atoms with Gasteiger partial charge in [0.05, 0.1) is 31.3 Å². The summed E-state index contributed by atoms with van der Waals surface area (Å²) in [5.74, 6) is 0.0533. The van der Waals surface area contributed by atoms with Gasteiger partial charge in [0.2, 0.25) is 5.91 Å². The minimum Gasteiger partial charge on any atom is -0.394 e. The number of aliphatic hydroxyl groups is 1. The van der Waals surface area contributed by atoms with Crippen LogP contribution in [0.1, 0.15) is 23.2 Å². The first-order valence-corrected chi connectivity index (χ1v) is 7.64. The van der Waals surface area contributed by atoms with Gasteiger partial charge in [-0.15, -0.1) is 0 Å². The Morgan fingerprint density at radius 3 is 2.82 bits per heavy atom. The summed E-state index contributed by atoms with van der Waals surface area (Å²) in [6.45, 7) is 3.27. The lowest BCUT2D eigenvalue weighted by Crippen LogP contribution is -2.42. The lowest BCUT2D eigenvalue weighted by Gasteiger charge is -2.28. The molecule has 0 bridgehead atoms. The van der Waals surface area contributed by atoms with Crippen LogP contribution >= 0.6 is 0 Å².